The zero-order valence-corrected chi connectivity index (χ0v) is 8.57. The maximum atomic E-state index is 9.22. The molecule has 0 saturated heterocycles. The van der Waals surface area contributed by atoms with E-state index in [1.165, 1.54) is 0 Å². The van der Waals surface area contributed by atoms with Crippen LogP contribution in [0.4, 0.5) is 11.4 Å². The maximum Gasteiger partial charge on any atom is 0.406 e. The molecule has 0 fully saturated rings. The molecule has 76 valence electrons. The number of fused-ring (bicyclic) bond motifs is 1. The third kappa shape index (κ3) is 2.05. The lowest BCUT2D eigenvalue weighted by Gasteiger charge is -2.09. The number of nitrogen functional groups attached to an aromatic ring is 1. The van der Waals surface area contributed by atoms with Crippen LogP contribution >= 0.6 is 0 Å². The van der Waals surface area contributed by atoms with Gasteiger partial charge in [-0.1, -0.05) is 24.3 Å². The average Bonchev–Trinajstić information content (AvgIpc) is 2.16. The number of anilines is 2. The summed E-state index contributed by atoms with van der Waals surface area (Å²) in [5.74, 6) is 0. The minimum atomic E-state index is -0.578. The molecular weight excluding hydrogens is 187 g/mol. The molecule has 0 spiro atoms. The summed E-state index contributed by atoms with van der Waals surface area (Å²) in [5.41, 5.74) is 7.46. The molecule has 15 heavy (non-hydrogen) atoms. The highest BCUT2D eigenvalue weighted by molar-refractivity contribution is 6.52. The van der Waals surface area contributed by atoms with Crippen LogP contribution in [-0.4, -0.2) is 12.1 Å². The van der Waals surface area contributed by atoms with Gasteiger partial charge in [0.05, 0.1) is 0 Å². The van der Waals surface area contributed by atoms with E-state index in [-0.39, 0.29) is 0 Å². The summed E-state index contributed by atoms with van der Waals surface area (Å²) in [7, 11) is -0.578. The van der Waals surface area contributed by atoms with Crippen LogP contribution in [-0.2, 0) is 0 Å². The number of rotatable bonds is 2. The summed E-state index contributed by atoms with van der Waals surface area (Å²) in [5, 5.41) is 14.2. The van der Waals surface area contributed by atoms with Crippen LogP contribution in [0.15, 0.2) is 36.4 Å². The van der Waals surface area contributed by atoms with Crippen LogP contribution in [0.1, 0.15) is 0 Å². The molecule has 0 aliphatic rings. The fourth-order valence-corrected chi connectivity index (χ4v) is 1.66. The number of nitrogens with one attached hydrogen (secondary N) is 1. The molecule has 0 amide bonds. The Balaban J connectivity index is 2.52. The number of nitrogens with two attached hydrogens (primary N) is 1. The second kappa shape index (κ2) is 3.83. The maximum absolute atomic E-state index is 9.22. The molecule has 4 heteroatoms. The number of benzene rings is 2. The molecule has 0 atom stereocenters. The molecule has 2 aromatic carbocycles. The van der Waals surface area contributed by atoms with Gasteiger partial charge in [0.1, 0.15) is 0 Å². The molecule has 0 heterocycles. The monoisotopic (exact) mass is 200 g/mol. The quantitative estimate of drug-likeness (QED) is 0.512. The normalized spacial score (nSPS) is 10.3. The fraction of sp³-hybridized carbons (Fsp3) is 0.0909. The molecule has 2 aromatic rings. The van der Waals surface area contributed by atoms with E-state index in [2.05, 4.69) is 5.23 Å². The van der Waals surface area contributed by atoms with E-state index in [1.807, 2.05) is 36.4 Å². The van der Waals surface area contributed by atoms with Crippen molar-refractivity contribution in [3.05, 3.63) is 36.4 Å². The molecule has 0 aromatic heterocycles. The van der Waals surface area contributed by atoms with Crippen molar-refractivity contribution in [1.29, 1.82) is 0 Å². The fourth-order valence-electron chi connectivity index (χ4n) is 1.66. The highest BCUT2D eigenvalue weighted by atomic mass is 16.2. The second-order valence-electron chi connectivity index (χ2n) is 3.61. The summed E-state index contributed by atoms with van der Waals surface area (Å²) >= 11 is 0. The first-order chi connectivity index (χ1) is 7.16. The van der Waals surface area contributed by atoms with Crippen molar-refractivity contribution < 1.29 is 5.02 Å². The van der Waals surface area contributed by atoms with Crippen LogP contribution < -0.4 is 11.0 Å². The molecule has 0 radical (unpaired) electrons. The summed E-state index contributed by atoms with van der Waals surface area (Å²) in [6.45, 7) is 1.67. The topological polar surface area (TPSA) is 58.3 Å². The van der Waals surface area contributed by atoms with Gasteiger partial charge in [-0.15, -0.1) is 0 Å². The third-order valence-corrected chi connectivity index (χ3v) is 2.27. The van der Waals surface area contributed by atoms with E-state index in [1.54, 1.807) is 6.82 Å². The molecule has 4 N–H and O–H groups in total. The van der Waals surface area contributed by atoms with Crippen molar-refractivity contribution in [3.8, 4) is 0 Å². The molecular formula is C11H13BN2O. The van der Waals surface area contributed by atoms with Crippen molar-refractivity contribution >= 4 is 29.2 Å². The first-order valence-corrected chi connectivity index (χ1v) is 4.89. The zero-order valence-electron chi connectivity index (χ0n) is 8.57. The Morgan fingerprint density at radius 1 is 1.27 bits per heavy atom. The Bertz CT molecular complexity index is 485. The molecule has 0 aliphatic heterocycles. The van der Waals surface area contributed by atoms with E-state index in [9.17, 15) is 5.02 Å². The summed E-state index contributed by atoms with van der Waals surface area (Å²) in [6.07, 6.45) is 0. The first-order valence-electron chi connectivity index (χ1n) is 4.89. The lowest BCUT2D eigenvalue weighted by atomic mass is 9.88. The van der Waals surface area contributed by atoms with Gasteiger partial charge in [0.15, 0.2) is 0 Å². The Morgan fingerprint density at radius 3 is 2.73 bits per heavy atom. The molecule has 2 rings (SSSR count). The van der Waals surface area contributed by atoms with Crippen molar-refractivity contribution in [3.63, 3.8) is 0 Å². The van der Waals surface area contributed by atoms with Gasteiger partial charge in [0.25, 0.3) is 0 Å². The molecule has 0 saturated carbocycles. The van der Waals surface area contributed by atoms with Gasteiger partial charge in [-0.25, -0.2) is 0 Å². The predicted octanol–water partition coefficient (Wildman–Crippen LogP) is 1.94. The summed E-state index contributed by atoms with van der Waals surface area (Å²) in [6, 6.07) is 11.7. The van der Waals surface area contributed by atoms with E-state index < -0.39 is 7.05 Å². The Hall–Kier alpha value is -1.68. The van der Waals surface area contributed by atoms with E-state index >= 15 is 0 Å². The minimum Gasteiger partial charge on any atom is -0.433 e. The standard InChI is InChI=1S/C11H13BN2O/c1-12(15)14-9-6-8-4-2-3-5-10(8)11(13)7-9/h2-7,14-15H,13H2,1H3. The Labute approximate surface area is 89.0 Å². The SMILES string of the molecule is CB(O)Nc1cc(N)c2ccccc2c1. The minimum absolute atomic E-state index is 0.578. The highest BCUT2D eigenvalue weighted by Gasteiger charge is 2.05. The predicted molar refractivity (Wildman–Crippen MR) is 65.8 cm³/mol. The average molecular weight is 200 g/mol. The van der Waals surface area contributed by atoms with Gasteiger partial charge < -0.3 is 16.0 Å². The van der Waals surface area contributed by atoms with Crippen LogP contribution in [0.2, 0.25) is 6.82 Å². The van der Waals surface area contributed by atoms with Crippen LogP contribution in [0.3, 0.4) is 0 Å². The van der Waals surface area contributed by atoms with Crippen molar-refractivity contribution in [2.24, 2.45) is 0 Å². The Morgan fingerprint density at radius 2 is 2.00 bits per heavy atom. The van der Waals surface area contributed by atoms with Gasteiger partial charge in [0.2, 0.25) is 0 Å². The van der Waals surface area contributed by atoms with Gasteiger partial charge in [0, 0.05) is 16.8 Å². The van der Waals surface area contributed by atoms with Crippen LogP contribution in [0, 0.1) is 0 Å². The van der Waals surface area contributed by atoms with Gasteiger partial charge in [-0.3, -0.25) is 0 Å². The van der Waals surface area contributed by atoms with E-state index in [0.29, 0.717) is 0 Å². The van der Waals surface area contributed by atoms with E-state index in [0.717, 1.165) is 22.1 Å². The van der Waals surface area contributed by atoms with Gasteiger partial charge in [-0.2, -0.15) is 0 Å². The van der Waals surface area contributed by atoms with Crippen LogP contribution in [0.25, 0.3) is 10.8 Å². The van der Waals surface area contributed by atoms with Gasteiger partial charge >= 0.3 is 7.05 Å². The number of hydrogen-bond donors (Lipinski definition) is 3. The Kier molecular flexibility index (Phi) is 2.52. The van der Waals surface area contributed by atoms with Crippen molar-refractivity contribution in [2.45, 2.75) is 6.82 Å². The first kappa shape index (κ1) is 9.86. The summed E-state index contributed by atoms with van der Waals surface area (Å²) < 4.78 is 0. The summed E-state index contributed by atoms with van der Waals surface area (Å²) in [4.78, 5) is 0. The molecule has 0 bridgehead atoms. The molecule has 0 aliphatic carbocycles. The zero-order chi connectivity index (χ0) is 10.8. The lowest BCUT2D eigenvalue weighted by Crippen LogP contribution is -2.19. The third-order valence-electron chi connectivity index (χ3n) is 2.27. The smallest absolute Gasteiger partial charge is 0.406 e. The molecule has 0 unspecified atom stereocenters. The second-order valence-corrected chi connectivity index (χ2v) is 3.61. The number of hydrogen-bond acceptors (Lipinski definition) is 3. The van der Waals surface area contributed by atoms with Crippen molar-refractivity contribution in [1.82, 2.24) is 0 Å². The van der Waals surface area contributed by atoms with Crippen LogP contribution in [0.5, 0.6) is 0 Å². The van der Waals surface area contributed by atoms with Crippen molar-refractivity contribution in [2.75, 3.05) is 11.0 Å². The highest BCUT2D eigenvalue weighted by Crippen LogP contribution is 2.25. The largest absolute Gasteiger partial charge is 0.433 e. The lowest BCUT2D eigenvalue weighted by molar-refractivity contribution is 0.587. The molecule has 3 nitrogen and oxygen atoms in total. The van der Waals surface area contributed by atoms with Gasteiger partial charge in [-0.05, 0) is 24.3 Å². The van der Waals surface area contributed by atoms with E-state index in [4.69, 9.17) is 5.73 Å².